The molecule has 9 heteroatoms. The molecule has 80 valence electrons. The number of hydrogen-bond acceptors (Lipinski definition) is 4. The van der Waals surface area contributed by atoms with E-state index in [9.17, 15) is 4.79 Å². The molecule has 0 heterocycles. The van der Waals surface area contributed by atoms with Gasteiger partial charge in [-0.05, 0) is 6.92 Å². The Morgan fingerprint density at radius 1 is 1.38 bits per heavy atom. The standard InChI is InChI=1S/C4H9NO3.H3O4P/c1-2(6)3(5)4(7)8;1-5(2,3)4/h2-3,6H,5H2,1H3,(H,7,8);(H3,1,2,3,4)/t2-,3+;/m0./s1. The number of aliphatic hydroxyl groups is 1. The highest BCUT2D eigenvalue weighted by molar-refractivity contribution is 7.45. The molecule has 0 spiro atoms. The summed E-state index contributed by atoms with van der Waals surface area (Å²) in [5.41, 5.74) is 4.91. The number of nitrogens with two attached hydrogens (primary N) is 1. The number of carbonyl (C=O) groups is 1. The number of phosphoric acid groups is 1. The third-order valence-electron chi connectivity index (χ3n) is 0.805. The summed E-state index contributed by atoms with van der Waals surface area (Å²) in [6.07, 6.45) is -0.979. The molecular formula is C4H12NO7P. The molecule has 8 nitrogen and oxygen atoms in total. The smallest absolute Gasteiger partial charge is 0.466 e. The molecule has 13 heavy (non-hydrogen) atoms. The van der Waals surface area contributed by atoms with Crippen LogP contribution >= 0.6 is 7.82 Å². The van der Waals surface area contributed by atoms with Gasteiger partial charge in [-0.1, -0.05) is 0 Å². The Balaban J connectivity index is 0. The van der Waals surface area contributed by atoms with Crippen LogP contribution in [-0.4, -0.2) is 43.0 Å². The van der Waals surface area contributed by atoms with Crippen LogP contribution in [0.4, 0.5) is 0 Å². The molecule has 0 bridgehead atoms. The third kappa shape index (κ3) is 18.5. The summed E-state index contributed by atoms with van der Waals surface area (Å²) in [5, 5.41) is 16.6. The minimum absolute atomic E-state index is 0.979. The SMILES string of the molecule is C[C@H](O)[C@@H](N)C(=O)O.O=P(O)(O)O. The minimum Gasteiger partial charge on any atom is -0.480 e. The van der Waals surface area contributed by atoms with Gasteiger partial charge in [0.2, 0.25) is 0 Å². The second-order valence-corrected chi connectivity index (χ2v) is 3.14. The van der Waals surface area contributed by atoms with E-state index in [1.54, 1.807) is 0 Å². The summed E-state index contributed by atoms with van der Waals surface area (Å²) >= 11 is 0. The van der Waals surface area contributed by atoms with Gasteiger partial charge >= 0.3 is 13.8 Å². The number of carboxylic acid groups (broad SMARTS) is 1. The van der Waals surface area contributed by atoms with E-state index in [1.165, 1.54) is 6.92 Å². The molecule has 0 aromatic heterocycles. The quantitative estimate of drug-likeness (QED) is 0.285. The molecule has 0 rings (SSSR count). The molecular weight excluding hydrogens is 205 g/mol. The Bertz CT molecular complexity index is 190. The first kappa shape index (κ1) is 15.0. The predicted octanol–water partition coefficient (Wildman–Crippen LogP) is -2.15. The van der Waals surface area contributed by atoms with E-state index in [-0.39, 0.29) is 0 Å². The van der Waals surface area contributed by atoms with Crippen molar-refractivity contribution in [3.8, 4) is 0 Å². The Hall–Kier alpha value is -0.500. The van der Waals surface area contributed by atoms with Crippen molar-refractivity contribution in [1.29, 1.82) is 0 Å². The van der Waals surface area contributed by atoms with Gasteiger partial charge in [0.15, 0.2) is 0 Å². The van der Waals surface area contributed by atoms with Gasteiger partial charge in [-0.3, -0.25) is 4.79 Å². The molecule has 0 unspecified atom stereocenters. The molecule has 0 aromatic rings. The maximum atomic E-state index is 9.86. The monoisotopic (exact) mass is 217 g/mol. The van der Waals surface area contributed by atoms with E-state index in [4.69, 9.17) is 35.2 Å². The molecule has 0 saturated heterocycles. The Morgan fingerprint density at radius 3 is 1.62 bits per heavy atom. The maximum absolute atomic E-state index is 9.86. The highest BCUT2D eigenvalue weighted by Gasteiger charge is 2.16. The molecule has 0 aliphatic heterocycles. The maximum Gasteiger partial charge on any atom is 0.466 e. The Kier molecular flexibility index (Phi) is 6.96. The van der Waals surface area contributed by atoms with E-state index in [1.807, 2.05) is 0 Å². The van der Waals surface area contributed by atoms with Gasteiger partial charge < -0.3 is 30.6 Å². The Morgan fingerprint density at radius 2 is 1.62 bits per heavy atom. The largest absolute Gasteiger partial charge is 0.480 e. The van der Waals surface area contributed by atoms with Crippen LogP contribution < -0.4 is 5.73 Å². The first-order valence-corrected chi connectivity index (χ1v) is 4.57. The zero-order chi connectivity index (χ0) is 11.2. The van der Waals surface area contributed by atoms with Crippen molar-refractivity contribution < 1.29 is 34.3 Å². The highest BCUT2D eigenvalue weighted by atomic mass is 31.2. The molecule has 2 atom stereocenters. The van der Waals surface area contributed by atoms with Gasteiger partial charge in [-0.25, -0.2) is 4.57 Å². The van der Waals surface area contributed by atoms with E-state index >= 15 is 0 Å². The highest BCUT2D eigenvalue weighted by Crippen LogP contribution is 2.25. The first-order valence-electron chi connectivity index (χ1n) is 3.00. The summed E-state index contributed by atoms with van der Waals surface area (Å²) in [6.45, 7) is 1.33. The molecule has 7 N–H and O–H groups in total. The lowest BCUT2D eigenvalue weighted by molar-refractivity contribution is -0.140. The lowest BCUT2D eigenvalue weighted by Gasteiger charge is -2.06. The van der Waals surface area contributed by atoms with Gasteiger partial charge in [-0.15, -0.1) is 0 Å². The van der Waals surface area contributed by atoms with Crippen molar-refractivity contribution in [2.24, 2.45) is 5.73 Å². The van der Waals surface area contributed by atoms with Crippen LogP contribution in [0.1, 0.15) is 6.92 Å². The van der Waals surface area contributed by atoms with E-state index < -0.39 is 25.9 Å². The molecule has 0 saturated carbocycles. The summed E-state index contributed by atoms with van der Waals surface area (Å²) < 4.78 is 8.88. The fraction of sp³-hybridized carbons (Fsp3) is 0.750. The van der Waals surface area contributed by atoms with Crippen LogP contribution in [-0.2, 0) is 9.36 Å². The van der Waals surface area contributed by atoms with Crippen LogP contribution in [0.5, 0.6) is 0 Å². The fourth-order valence-electron chi connectivity index (χ4n) is 0.206. The lowest BCUT2D eigenvalue weighted by Crippen LogP contribution is -2.39. The van der Waals surface area contributed by atoms with Crippen LogP contribution in [0.3, 0.4) is 0 Å². The molecule has 0 aliphatic rings. The van der Waals surface area contributed by atoms with Gasteiger partial charge in [0.25, 0.3) is 0 Å². The van der Waals surface area contributed by atoms with Gasteiger partial charge in [-0.2, -0.15) is 0 Å². The fourth-order valence-corrected chi connectivity index (χ4v) is 0.206. The second-order valence-electron chi connectivity index (χ2n) is 2.12. The van der Waals surface area contributed by atoms with Crippen LogP contribution in [0.25, 0.3) is 0 Å². The van der Waals surface area contributed by atoms with E-state index in [2.05, 4.69) is 0 Å². The molecule has 0 aliphatic carbocycles. The van der Waals surface area contributed by atoms with Crippen LogP contribution in [0, 0.1) is 0 Å². The summed E-state index contributed by atoms with van der Waals surface area (Å²) in [4.78, 5) is 31.4. The van der Waals surface area contributed by atoms with Gasteiger partial charge in [0.05, 0.1) is 6.10 Å². The second kappa shape index (κ2) is 6.03. The summed E-state index contributed by atoms with van der Waals surface area (Å²) in [6, 6.07) is -1.16. The number of carboxylic acids is 1. The minimum atomic E-state index is -4.64. The van der Waals surface area contributed by atoms with Crippen LogP contribution in [0.15, 0.2) is 0 Å². The number of hydrogen-bond donors (Lipinski definition) is 6. The molecule has 0 fully saturated rings. The van der Waals surface area contributed by atoms with Gasteiger partial charge in [0.1, 0.15) is 6.04 Å². The molecule has 0 amide bonds. The third-order valence-corrected chi connectivity index (χ3v) is 0.805. The normalized spacial score (nSPS) is 15.2. The van der Waals surface area contributed by atoms with Crippen molar-refractivity contribution in [2.75, 3.05) is 0 Å². The van der Waals surface area contributed by atoms with Crippen molar-refractivity contribution in [1.82, 2.24) is 0 Å². The van der Waals surface area contributed by atoms with E-state index in [0.29, 0.717) is 0 Å². The van der Waals surface area contributed by atoms with Crippen LogP contribution in [0.2, 0.25) is 0 Å². The number of rotatable bonds is 2. The van der Waals surface area contributed by atoms with Crippen molar-refractivity contribution in [3.63, 3.8) is 0 Å². The average Bonchev–Trinajstić information content (AvgIpc) is 1.81. The number of aliphatic hydroxyl groups excluding tert-OH is 1. The Labute approximate surface area is 73.9 Å². The van der Waals surface area contributed by atoms with E-state index in [0.717, 1.165) is 0 Å². The van der Waals surface area contributed by atoms with Crippen molar-refractivity contribution in [2.45, 2.75) is 19.1 Å². The van der Waals surface area contributed by atoms with Crippen molar-refractivity contribution in [3.05, 3.63) is 0 Å². The zero-order valence-electron chi connectivity index (χ0n) is 6.73. The zero-order valence-corrected chi connectivity index (χ0v) is 7.63. The van der Waals surface area contributed by atoms with Crippen molar-refractivity contribution >= 4 is 13.8 Å². The number of aliphatic carboxylic acids is 1. The molecule has 0 radical (unpaired) electrons. The first-order chi connectivity index (χ1) is 5.55. The molecule has 0 aromatic carbocycles. The topological polar surface area (TPSA) is 161 Å². The lowest BCUT2D eigenvalue weighted by atomic mass is 10.2. The summed E-state index contributed by atoms with van der Waals surface area (Å²) in [5.74, 6) is -1.18. The summed E-state index contributed by atoms with van der Waals surface area (Å²) in [7, 11) is -4.64. The van der Waals surface area contributed by atoms with Gasteiger partial charge in [0, 0.05) is 0 Å². The average molecular weight is 217 g/mol. The predicted molar refractivity (Wildman–Crippen MR) is 41.6 cm³/mol.